The predicted molar refractivity (Wildman–Crippen MR) is 121 cm³/mol. The molecule has 0 bridgehead atoms. The predicted octanol–water partition coefficient (Wildman–Crippen LogP) is 4.20. The van der Waals surface area contributed by atoms with Gasteiger partial charge in [0.15, 0.2) is 11.5 Å². The number of imide groups is 1. The molecule has 1 heterocycles. The molecule has 9 heteroatoms. The molecule has 0 saturated carbocycles. The van der Waals surface area contributed by atoms with E-state index in [2.05, 4.69) is 27.8 Å². The molecule has 3 amide bonds. The van der Waals surface area contributed by atoms with Crippen molar-refractivity contribution in [2.75, 3.05) is 13.2 Å². The van der Waals surface area contributed by atoms with Crippen LogP contribution in [0.5, 0.6) is 11.5 Å². The highest BCUT2D eigenvalue weighted by Crippen LogP contribution is 2.38. The molecule has 32 heavy (non-hydrogen) atoms. The maximum absolute atomic E-state index is 12.4. The van der Waals surface area contributed by atoms with Crippen LogP contribution < -0.4 is 14.8 Å². The summed E-state index contributed by atoms with van der Waals surface area (Å²) in [6.45, 7) is 6.09. The Kier molecular flexibility index (Phi) is 7.32. The number of benzene rings is 2. The zero-order valence-corrected chi connectivity index (χ0v) is 18.8. The number of carbonyl (C=O) groups is 3. The van der Waals surface area contributed by atoms with E-state index in [1.54, 1.807) is 30.3 Å². The Bertz CT molecular complexity index is 1090. The van der Waals surface area contributed by atoms with Gasteiger partial charge in [0.2, 0.25) is 0 Å². The van der Waals surface area contributed by atoms with Gasteiger partial charge in [0, 0.05) is 6.54 Å². The van der Waals surface area contributed by atoms with E-state index in [1.165, 1.54) is 18.2 Å². The second-order valence-electron chi connectivity index (χ2n) is 6.75. The van der Waals surface area contributed by atoms with Crippen LogP contribution >= 0.6 is 15.9 Å². The molecule has 2 aromatic rings. The molecule has 0 aliphatic carbocycles. The van der Waals surface area contributed by atoms with E-state index in [4.69, 9.17) is 14.6 Å². The van der Waals surface area contributed by atoms with E-state index in [9.17, 15) is 14.4 Å². The number of carboxylic acids is 1. The summed E-state index contributed by atoms with van der Waals surface area (Å²) >= 11 is 3.48. The lowest BCUT2D eigenvalue weighted by atomic mass is 10.1. The summed E-state index contributed by atoms with van der Waals surface area (Å²) in [5.74, 6) is -0.510. The molecular formula is C23H21BrN2O6. The number of hydrogen-bond donors (Lipinski definition) is 2. The summed E-state index contributed by atoms with van der Waals surface area (Å²) in [6.07, 6.45) is 3.04. The number of nitrogens with zero attached hydrogens (tertiary/aromatic N) is 1. The van der Waals surface area contributed by atoms with Crippen molar-refractivity contribution >= 4 is 39.9 Å². The average molecular weight is 501 g/mol. The Morgan fingerprint density at radius 2 is 1.94 bits per heavy atom. The Morgan fingerprint density at radius 3 is 2.56 bits per heavy atom. The first-order valence-electron chi connectivity index (χ1n) is 9.70. The van der Waals surface area contributed by atoms with Crippen LogP contribution in [0.15, 0.2) is 59.2 Å². The van der Waals surface area contributed by atoms with Crippen LogP contribution in [0.2, 0.25) is 0 Å². The second-order valence-corrected chi connectivity index (χ2v) is 7.60. The van der Waals surface area contributed by atoms with E-state index in [1.807, 2.05) is 6.92 Å². The van der Waals surface area contributed by atoms with Crippen LogP contribution in [0.1, 0.15) is 28.4 Å². The lowest BCUT2D eigenvalue weighted by Crippen LogP contribution is -2.30. The Morgan fingerprint density at radius 1 is 1.22 bits per heavy atom. The van der Waals surface area contributed by atoms with E-state index in [0.717, 1.165) is 10.5 Å². The van der Waals surface area contributed by atoms with Crippen LogP contribution in [-0.2, 0) is 11.4 Å². The molecule has 8 nitrogen and oxygen atoms in total. The Hall–Kier alpha value is -3.59. The Balaban J connectivity index is 1.83. The number of amides is 3. The summed E-state index contributed by atoms with van der Waals surface area (Å²) in [6, 6.07) is 9.33. The molecule has 0 atom stereocenters. The number of carbonyl (C=O) groups excluding carboxylic acids is 2. The third-order valence-corrected chi connectivity index (χ3v) is 5.09. The molecule has 3 rings (SSSR count). The van der Waals surface area contributed by atoms with Gasteiger partial charge in [0.25, 0.3) is 5.91 Å². The molecule has 2 N–H and O–H groups in total. The van der Waals surface area contributed by atoms with Gasteiger partial charge in [-0.15, -0.1) is 6.58 Å². The highest BCUT2D eigenvalue weighted by atomic mass is 79.9. The van der Waals surface area contributed by atoms with Gasteiger partial charge in [-0.1, -0.05) is 18.2 Å². The van der Waals surface area contributed by atoms with Crippen molar-refractivity contribution in [1.29, 1.82) is 0 Å². The van der Waals surface area contributed by atoms with Crippen molar-refractivity contribution in [1.82, 2.24) is 10.2 Å². The fourth-order valence-corrected chi connectivity index (χ4v) is 3.58. The summed E-state index contributed by atoms with van der Waals surface area (Å²) in [7, 11) is 0. The van der Waals surface area contributed by atoms with E-state index >= 15 is 0 Å². The molecule has 0 aromatic heterocycles. The summed E-state index contributed by atoms with van der Waals surface area (Å²) in [5.41, 5.74) is 1.76. The van der Waals surface area contributed by atoms with Crippen LogP contribution in [0.25, 0.3) is 6.08 Å². The largest absolute Gasteiger partial charge is 0.490 e. The van der Waals surface area contributed by atoms with E-state index in [-0.39, 0.29) is 24.4 Å². The molecule has 1 fully saturated rings. The first-order chi connectivity index (χ1) is 15.3. The van der Waals surface area contributed by atoms with Crippen molar-refractivity contribution < 1.29 is 29.0 Å². The van der Waals surface area contributed by atoms with Gasteiger partial charge in [-0.05, 0) is 64.3 Å². The van der Waals surface area contributed by atoms with Crippen LogP contribution in [0.4, 0.5) is 4.79 Å². The first-order valence-corrected chi connectivity index (χ1v) is 10.5. The van der Waals surface area contributed by atoms with E-state index in [0.29, 0.717) is 28.1 Å². The van der Waals surface area contributed by atoms with Crippen LogP contribution in [-0.4, -0.2) is 41.1 Å². The maximum atomic E-state index is 12.4. The first kappa shape index (κ1) is 23.1. The lowest BCUT2D eigenvalue weighted by Gasteiger charge is -2.15. The topological polar surface area (TPSA) is 105 Å². The van der Waals surface area contributed by atoms with Gasteiger partial charge in [-0.3, -0.25) is 9.69 Å². The third-order valence-electron chi connectivity index (χ3n) is 4.50. The van der Waals surface area contributed by atoms with Gasteiger partial charge in [-0.2, -0.15) is 0 Å². The van der Waals surface area contributed by atoms with Crippen LogP contribution in [0, 0.1) is 0 Å². The number of nitrogens with one attached hydrogen (secondary N) is 1. The van der Waals surface area contributed by atoms with Crippen molar-refractivity contribution in [2.24, 2.45) is 0 Å². The fraction of sp³-hybridized carbons (Fsp3) is 0.174. The zero-order chi connectivity index (χ0) is 23.3. The minimum absolute atomic E-state index is 0.121. The van der Waals surface area contributed by atoms with E-state index < -0.39 is 17.9 Å². The van der Waals surface area contributed by atoms with Gasteiger partial charge >= 0.3 is 12.0 Å². The van der Waals surface area contributed by atoms with Crippen molar-refractivity contribution in [3.63, 3.8) is 0 Å². The SMILES string of the molecule is C=CCN1C(=O)N/C(=C/c2cc(Br)c(OCc3ccc(C(=O)O)cc3)c(OCC)c2)C1=O. The lowest BCUT2D eigenvalue weighted by molar-refractivity contribution is -0.122. The molecule has 1 aliphatic heterocycles. The molecule has 2 aromatic carbocycles. The van der Waals surface area contributed by atoms with Gasteiger partial charge in [0.1, 0.15) is 12.3 Å². The zero-order valence-electron chi connectivity index (χ0n) is 17.3. The standard InChI is InChI=1S/C23H21BrN2O6/c1-3-9-26-21(27)18(25-23(26)30)11-15-10-17(24)20(19(12-15)31-4-2)32-13-14-5-7-16(8-6-14)22(28)29/h3,5-8,10-12H,1,4,9,13H2,2H3,(H,25,30)(H,28,29)/b18-11+. The molecule has 166 valence electrons. The number of ether oxygens (including phenoxy) is 2. The fourth-order valence-electron chi connectivity index (χ4n) is 3.01. The molecule has 1 saturated heterocycles. The highest BCUT2D eigenvalue weighted by Gasteiger charge is 2.32. The number of urea groups is 1. The smallest absolute Gasteiger partial charge is 0.335 e. The molecule has 0 unspecified atom stereocenters. The second kappa shape index (κ2) is 10.1. The summed E-state index contributed by atoms with van der Waals surface area (Å²) in [5, 5.41) is 11.6. The van der Waals surface area contributed by atoms with Crippen molar-refractivity contribution in [2.45, 2.75) is 13.5 Å². The quantitative estimate of drug-likeness (QED) is 0.303. The minimum atomic E-state index is -0.992. The number of carboxylic acid groups (broad SMARTS) is 1. The summed E-state index contributed by atoms with van der Waals surface area (Å²) in [4.78, 5) is 36.4. The number of rotatable bonds is 9. The molecular weight excluding hydrogens is 480 g/mol. The molecule has 0 spiro atoms. The molecule has 1 aliphatic rings. The Labute approximate surface area is 193 Å². The van der Waals surface area contributed by atoms with Crippen molar-refractivity contribution in [3.8, 4) is 11.5 Å². The monoisotopic (exact) mass is 500 g/mol. The van der Waals surface area contributed by atoms with Gasteiger partial charge < -0.3 is 19.9 Å². The third kappa shape index (κ3) is 5.17. The number of halogens is 1. The van der Waals surface area contributed by atoms with Gasteiger partial charge in [0.05, 0.1) is 16.6 Å². The maximum Gasteiger partial charge on any atom is 0.335 e. The highest BCUT2D eigenvalue weighted by molar-refractivity contribution is 9.10. The number of aromatic carboxylic acids is 1. The minimum Gasteiger partial charge on any atom is -0.490 e. The molecule has 0 radical (unpaired) electrons. The summed E-state index contributed by atoms with van der Waals surface area (Å²) < 4.78 is 12.2. The van der Waals surface area contributed by atoms with Crippen LogP contribution in [0.3, 0.4) is 0 Å². The number of hydrogen-bond acceptors (Lipinski definition) is 5. The average Bonchev–Trinajstić information content (AvgIpc) is 3.01. The van der Waals surface area contributed by atoms with Gasteiger partial charge in [-0.25, -0.2) is 9.59 Å². The normalized spacial score (nSPS) is 14.4. The van der Waals surface area contributed by atoms with Crippen molar-refractivity contribution in [3.05, 3.63) is 75.9 Å².